The molecule has 0 aliphatic carbocycles. The highest BCUT2D eigenvalue weighted by atomic mass is 32.2. The first kappa shape index (κ1) is 32.9. The van der Waals surface area contributed by atoms with Crippen LogP contribution in [0.2, 0.25) is 0 Å². The number of thioether (sulfide) groups is 1. The van der Waals surface area contributed by atoms with Crippen molar-refractivity contribution in [2.75, 3.05) is 63.8 Å². The Morgan fingerprint density at radius 3 is 2.59 bits per heavy atom. The maximum absolute atomic E-state index is 12.3. The molecule has 16 heteroatoms. The van der Waals surface area contributed by atoms with Crippen molar-refractivity contribution in [3.63, 3.8) is 0 Å². The third-order valence-corrected chi connectivity index (χ3v) is 8.77. The van der Waals surface area contributed by atoms with Crippen molar-refractivity contribution < 1.29 is 28.3 Å². The summed E-state index contributed by atoms with van der Waals surface area (Å²) < 4.78 is 16.2. The first-order valence-corrected chi connectivity index (χ1v) is 15.6. The van der Waals surface area contributed by atoms with Crippen LogP contribution in [0.5, 0.6) is 0 Å². The summed E-state index contributed by atoms with van der Waals surface area (Å²) in [6.45, 7) is 2.31. The molecule has 2 fully saturated rings. The number of fused-ring (bicyclic) bond motifs is 2. The van der Waals surface area contributed by atoms with Crippen LogP contribution in [-0.2, 0) is 19.1 Å². The first-order valence-electron chi connectivity index (χ1n) is 14.6. The van der Waals surface area contributed by atoms with Crippen molar-refractivity contribution in [1.82, 2.24) is 21.3 Å². The number of amides is 4. The summed E-state index contributed by atoms with van der Waals surface area (Å²) in [4.78, 5) is 52.0. The van der Waals surface area contributed by atoms with E-state index in [0.29, 0.717) is 67.8 Å². The lowest BCUT2D eigenvalue weighted by Gasteiger charge is -2.19. The monoisotopic (exact) mass is 630 g/mol. The summed E-state index contributed by atoms with van der Waals surface area (Å²) in [6.07, 6.45) is 3.22. The Bertz CT molecular complexity index is 1420. The van der Waals surface area contributed by atoms with Gasteiger partial charge >= 0.3 is 11.7 Å². The summed E-state index contributed by atoms with van der Waals surface area (Å²) in [5.74, 6) is 0.748. The Kier molecular flexibility index (Phi) is 12.5. The number of azide groups is 1. The molecular formula is C28H38N8O7S. The van der Waals surface area contributed by atoms with E-state index in [1.807, 2.05) is 11.8 Å². The van der Waals surface area contributed by atoms with Gasteiger partial charge in [-0.2, -0.15) is 11.8 Å². The Balaban J connectivity index is 0.972. The maximum Gasteiger partial charge on any atom is 0.345 e. The lowest BCUT2D eigenvalue weighted by Crippen LogP contribution is -2.36. The fourth-order valence-electron chi connectivity index (χ4n) is 5.02. The lowest BCUT2D eigenvalue weighted by atomic mass is 10.0. The van der Waals surface area contributed by atoms with Crippen molar-refractivity contribution in [1.29, 1.82) is 0 Å². The van der Waals surface area contributed by atoms with Crippen molar-refractivity contribution in [3.05, 3.63) is 45.1 Å². The molecule has 0 saturated carbocycles. The average molecular weight is 631 g/mol. The number of unbranched alkanes of at least 4 members (excludes halogenated alkanes) is 1. The Labute approximate surface area is 258 Å². The van der Waals surface area contributed by atoms with Crippen LogP contribution in [0.25, 0.3) is 21.4 Å². The molecule has 44 heavy (non-hydrogen) atoms. The molecule has 0 spiro atoms. The van der Waals surface area contributed by atoms with Gasteiger partial charge in [0.05, 0.1) is 45.1 Å². The molecule has 0 unspecified atom stereocenters. The highest BCUT2D eigenvalue weighted by molar-refractivity contribution is 8.00. The fraction of sp³-hybridized carbons (Fsp3) is 0.571. The second kappa shape index (κ2) is 16.8. The summed E-state index contributed by atoms with van der Waals surface area (Å²) in [7, 11) is 1.74. The van der Waals surface area contributed by atoms with Gasteiger partial charge in [-0.15, -0.1) is 0 Å². The van der Waals surface area contributed by atoms with Crippen molar-refractivity contribution in [2.24, 2.45) is 5.11 Å². The minimum atomic E-state index is -0.736. The van der Waals surface area contributed by atoms with E-state index in [4.69, 9.17) is 19.4 Å². The molecule has 2 aliphatic heterocycles. The van der Waals surface area contributed by atoms with Crippen molar-refractivity contribution >= 4 is 52.0 Å². The van der Waals surface area contributed by atoms with Gasteiger partial charge in [0.25, 0.3) is 0 Å². The molecule has 4 amide bonds. The molecule has 3 heterocycles. The van der Waals surface area contributed by atoms with Gasteiger partial charge in [0, 0.05) is 59.6 Å². The second-order valence-corrected chi connectivity index (χ2v) is 11.8. The molecule has 1 aromatic carbocycles. The van der Waals surface area contributed by atoms with Crippen LogP contribution in [0.3, 0.4) is 0 Å². The summed E-state index contributed by atoms with van der Waals surface area (Å²) >= 11 is 1.88. The van der Waals surface area contributed by atoms with E-state index in [1.165, 1.54) is 6.07 Å². The third kappa shape index (κ3) is 9.77. The minimum Gasteiger partial charge on any atom is -0.422 e. The number of hydrogen-bond acceptors (Lipinski definition) is 10. The molecule has 238 valence electrons. The lowest BCUT2D eigenvalue weighted by molar-refractivity contribution is -0.121. The van der Waals surface area contributed by atoms with Gasteiger partial charge in [-0.3, -0.25) is 9.59 Å². The molecule has 2 saturated heterocycles. The van der Waals surface area contributed by atoms with Gasteiger partial charge in [-0.1, -0.05) is 11.5 Å². The summed E-state index contributed by atoms with van der Waals surface area (Å²) in [5.41, 5.74) is 8.68. The highest BCUT2D eigenvalue weighted by Gasteiger charge is 2.42. The Hall–Kier alpha value is -3.98. The number of nitrogens with one attached hydrogen (secondary N) is 4. The van der Waals surface area contributed by atoms with Crippen LogP contribution < -0.4 is 31.8 Å². The molecule has 0 bridgehead atoms. The smallest absolute Gasteiger partial charge is 0.345 e. The molecule has 3 atom stereocenters. The van der Waals surface area contributed by atoms with Gasteiger partial charge in [-0.25, -0.2) is 9.59 Å². The van der Waals surface area contributed by atoms with E-state index < -0.39 is 5.63 Å². The quantitative estimate of drug-likeness (QED) is 0.0476. The van der Waals surface area contributed by atoms with Crippen LogP contribution in [-0.4, -0.2) is 94.0 Å². The molecule has 15 nitrogen and oxygen atoms in total. The minimum absolute atomic E-state index is 0.00653. The second-order valence-electron chi connectivity index (χ2n) is 10.5. The number of anilines is 1. The Morgan fingerprint density at radius 2 is 1.84 bits per heavy atom. The van der Waals surface area contributed by atoms with Crippen LogP contribution in [0.1, 0.15) is 25.7 Å². The maximum atomic E-state index is 12.3. The number of ether oxygens (including phenoxy) is 2. The van der Waals surface area contributed by atoms with Gasteiger partial charge in [0.2, 0.25) is 11.8 Å². The molecule has 1 aromatic heterocycles. The largest absolute Gasteiger partial charge is 0.422 e. The standard InChI is InChI=1S/C28H38N8O7S/c1-36(19-7-6-18-14-20(34-35-29)27(39)43-22(18)15-19)16-25(38)31-9-11-42-13-12-41-10-8-30-24(37)5-3-2-4-23-26-21(17-44-23)32-28(40)33-26/h6-7,14-15,21,23,26H,2-5,8-13,16-17H2,1H3,(H,30,37)(H,31,38)(H2,32,33,40)/t21-,23-,26-/m0/s1. The molecule has 2 aliphatic rings. The molecule has 0 radical (unpaired) electrons. The van der Waals surface area contributed by atoms with Crippen LogP contribution in [0, 0.1) is 0 Å². The van der Waals surface area contributed by atoms with E-state index in [1.54, 1.807) is 30.1 Å². The highest BCUT2D eigenvalue weighted by Crippen LogP contribution is 2.33. The molecule has 2 aromatic rings. The first-order chi connectivity index (χ1) is 21.3. The summed E-state index contributed by atoms with van der Waals surface area (Å²) in [6, 6.07) is 6.93. The zero-order valence-electron chi connectivity index (χ0n) is 24.6. The SMILES string of the molecule is CN(CC(=O)NCCOCCOCCNC(=O)CCCC[C@@H]1SC[C@@H]2NC(=O)N[C@@H]21)c1ccc2cc(N=[N+]=[N-])c(=O)oc2c1. The van der Waals surface area contributed by atoms with E-state index in [9.17, 15) is 19.2 Å². The van der Waals surface area contributed by atoms with Gasteiger partial charge < -0.3 is 40.1 Å². The molecular weight excluding hydrogens is 592 g/mol. The van der Waals surface area contributed by atoms with Gasteiger partial charge in [0.1, 0.15) is 11.3 Å². The van der Waals surface area contributed by atoms with E-state index in [2.05, 4.69) is 31.3 Å². The number of carbonyl (C=O) groups is 3. The number of nitrogens with zero attached hydrogens (tertiary/aromatic N) is 4. The van der Waals surface area contributed by atoms with E-state index in [0.717, 1.165) is 25.0 Å². The van der Waals surface area contributed by atoms with Crippen molar-refractivity contribution in [2.45, 2.75) is 43.0 Å². The van der Waals surface area contributed by atoms with Crippen LogP contribution >= 0.6 is 11.8 Å². The zero-order valence-corrected chi connectivity index (χ0v) is 25.4. The van der Waals surface area contributed by atoms with Crippen molar-refractivity contribution in [3.8, 4) is 0 Å². The number of urea groups is 1. The fourth-order valence-corrected chi connectivity index (χ4v) is 6.56. The Morgan fingerprint density at radius 1 is 1.09 bits per heavy atom. The number of hydrogen-bond donors (Lipinski definition) is 4. The predicted molar refractivity (Wildman–Crippen MR) is 166 cm³/mol. The van der Waals surface area contributed by atoms with Gasteiger partial charge in [-0.05, 0) is 36.6 Å². The van der Waals surface area contributed by atoms with Crippen LogP contribution in [0.4, 0.5) is 16.2 Å². The summed E-state index contributed by atoms with van der Waals surface area (Å²) in [5, 5.41) is 15.9. The van der Waals surface area contributed by atoms with E-state index in [-0.39, 0.29) is 42.2 Å². The normalized spacial score (nSPS) is 18.7. The average Bonchev–Trinajstić information content (AvgIpc) is 3.55. The number of carbonyl (C=O) groups excluding carboxylic acids is 3. The number of likely N-dealkylation sites (N-methyl/N-ethyl adjacent to an activating group) is 1. The van der Waals surface area contributed by atoms with Crippen LogP contribution in [0.15, 0.2) is 38.6 Å². The zero-order chi connectivity index (χ0) is 31.3. The third-order valence-electron chi connectivity index (χ3n) is 7.26. The predicted octanol–water partition coefficient (Wildman–Crippen LogP) is 2.16. The molecule has 4 N–H and O–H groups in total. The topological polar surface area (TPSA) is 200 Å². The van der Waals surface area contributed by atoms with Gasteiger partial charge in [0.15, 0.2) is 0 Å². The number of benzene rings is 1. The van der Waals surface area contributed by atoms with E-state index >= 15 is 0 Å². The molecule has 4 rings (SSSR count). The number of rotatable bonds is 18.